The Morgan fingerprint density at radius 2 is 1.78 bits per heavy atom. The smallest absolute Gasteiger partial charge is 0.349 e. The van der Waals surface area contributed by atoms with Gasteiger partial charge in [0.25, 0.3) is 0 Å². The fourth-order valence-electron chi connectivity index (χ4n) is 2.19. The van der Waals surface area contributed by atoms with E-state index >= 15 is 0 Å². The second kappa shape index (κ2) is 7.18. The van der Waals surface area contributed by atoms with E-state index in [1.165, 1.54) is 0 Å². The Hall–Kier alpha value is -1.81. The van der Waals surface area contributed by atoms with Crippen LogP contribution in [0.25, 0.3) is 0 Å². The van der Waals surface area contributed by atoms with Crippen molar-refractivity contribution in [3.8, 4) is 11.5 Å². The van der Waals surface area contributed by atoms with Crippen molar-refractivity contribution in [2.24, 2.45) is 0 Å². The molecule has 0 saturated carbocycles. The van der Waals surface area contributed by atoms with Crippen molar-refractivity contribution in [1.29, 1.82) is 0 Å². The summed E-state index contributed by atoms with van der Waals surface area (Å²) >= 11 is 3.39. The van der Waals surface area contributed by atoms with Crippen LogP contribution in [0.2, 0.25) is 0 Å². The third-order valence-electron chi connectivity index (χ3n) is 3.35. The molecule has 0 N–H and O–H groups in total. The van der Waals surface area contributed by atoms with Crippen molar-refractivity contribution in [1.82, 2.24) is 0 Å². The monoisotopic (exact) mass is 376 g/mol. The van der Waals surface area contributed by atoms with Crippen LogP contribution in [0, 0.1) is 6.92 Å². The van der Waals surface area contributed by atoms with E-state index in [4.69, 9.17) is 9.47 Å². The molecule has 0 bridgehead atoms. The molecule has 0 spiro atoms. The Labute approximate surface area is 145 Å². The number of carbonyl (C=O) groups is 1. The molecule has 0 atom stereocenters. The number of halogens is 1. The number of para-hydroxylation sites is 1. The first-order valence-corrected chi connectivity index (χ1v) is 8.26. The molecule has 0 aliphatic heterocycles. The highest BCUT2D eigenvalue weighted by Gasteiger charge is 2.19. The van der Waals surface area contributed by atoms with Crippen LogP contribution in [0.3, 0.4) is 0 Å². The fourth-order valence-corrected chi connectivity index (χ4v) is 2.76. The van der Waals surface area contributed by atoms with E-state index in [0.717, 1.165) is 15.6 Å². The number of esters is 1. The minimum atomic E-state index is -0.432. The molecule has 2 rings (SSSR count). The zero-order valence-electron chi connectivity index (χ0n) is 13.9. The normalized spacial score (nSPS) is 11.2. The molecule has 0 unspecified atom stereocenters. The quantitative estimate of drug-likeness (QED) is 0.553. The van der Waals surface area contributed by atoms with Gasteiger partial charge in [-0.3, -0.25) is 0 Å². The highest BCUT2D eigenvalue weighted by Crippen LogP contribution is 2.31. The predicted molar refractivity (Wildman–Crippen MR) is 95.2 cm³/mol. The van der Waals surface area contributed by atoms with Gasteiger partial charge in [0, 0.05) is 0 Å². The Morgan fingerprint density at radius 3 is 2.43 bits per heavy atom. The molecule has 0 saturated heterocycles. The maximum absolute atomic E-state index is 12.0. The lowest BCUT2D eigenvalue weighted by Gasteiger charge is -2.22. The predicted octanol–water partition coefficient (Wildman–Crippen LogP) is 5.04. The van der Waals surface area contributed by atoms with Crippen molar-refractivity contribution in [3.63, 3.8) is 0 Å². The third kappa shape index (κ3) is 4.83. The van der Waals surface area contributed by atoms with Crippen LogP contribution in [-0.4, -0.2) is 12.6 Å². The van der Waals surface area contributed by atoms with E-state index in [1.54, 1.807) is 6.07 Å². The molecule has 0 fully saturated rings. The Bertz CT molecular complexity index is 702. The SMILES string of the molecule is Cc1ccc(OC(=O)COc2ccccc2C(C)(C)C)c(Br)c1. The molecule has 0 aliphatic rings. The van der Waals surface area contributed by atoms with E-state index in [9.17, 15) is 4.79 Å². The van der Waals surface area contributed by atoms with Crippen molar-refractivity contribution in [2.45, 2.75) is 33.1 Å². The minimum Gasteiger partial charge on any atom is -0.482 e. The van der Waals surface area contributed by atoms with Gasteiger partial charge in [-0.1, -0.05) is 45.0 Å². The number of ether oxygens (including phenoxy) is 2. The lowest BCUT2D eigenvalue weighted by Crippen LogP contribution is -2.20. The van der Waals surface area contributed by atoms with Crippen LogP contribution in [-0.2, 0) is 10.2 Å². The molecule has 0 radical (unpaired) electrons. The van der Waals surface area contributed by atoms with Gasteiger partial charge in [0.15, 0.2) is 6.61 Å². The molecular weight excluding hydrogens is 356 g/mol. The van der Waals surface area contributed by atoms with Gasteiger partial charge >= 0.3 is 5.97 Å². The second-order valence-electron chi connectivity index (χ2n) is 6.44. The summed E-state index contributed by atoms with van der Waals surface area (Å²) in [6.07, 6.45) is 0. The van der Waals surface area contributed by atoms with Crippen molar-refractivity contribution in [2.75, 3.05) is 6.61 Å². The van der Waals surface area contributed by atoms with Crippen LogP contribution in [0.4, 0.5) is 0 Å². The topological polar surface area (TPSA) is 35.5 Å². The summed E-state index contributed by atoms with van der Waals surface area (Å²) in [5.74, 6) is 0.770. The maximum atomic E-state index is 12.0. The van der Waals surface area contributed by atoms with Crippen LogP contribution < -0.4 is 9.47 Å². The van der Waals surface area contributed by atoms with Crippen LogP contribution in [0.15, 0.2) is 46.9 Å². The summed E-state index contributed by atoms with van der Waals surface area (Å²) in [5.41, 5.74) is 2.09. The van der Waals surface area contributed by atoms with E-state index in [2.05, 4.69) is 36.7 Å². The lowest BCUT2D eigenvalue weighted by molar-refractivity contribution is -0.136. The van der Waals surface area contributed by atoms with Crippen molar-refractivity contribution < 1.29 is 14.3 Å². The summed E-state index contributed by atoms with van der Waals surface area (Å²) in [6.45, 7) is 8.17. The summed E-state index contributed by atoms with van der Waals surface area (Å²) in [7, 11) is 0. The average Bonchev–Trinajstić information content (AvgIpc) is 2.47. The molecule has 0 aliphatic carbocycles. The number of benzene rings is 2. The Morgan fingerprint density at radius 1 is 1.09 bits per heavy atom. The molecular formula is C19H21BrO3. The largest absolute Gasteiger partial charge is 0.482 e. The highest BCUT2D eigenvalue weighted by atomic mass is 79.9. The van der Waals surface area contributed by atoms with Gasteiger partial charge in [0.05, 0.1) is 4.47 Å². The zero-order valence-corrected chi connectivity index (χ0v) is 15.4. The summed E-state index contributed by atoms with van der Waals surface area (Å²) in [6, 6.07) is 13.3. The first-order valence-electron chi connectivity index (χ1n) is 7.46. The number of carbonyl (C=O) groups excluding carboxylic acids is 1. The third-order valence-corrected chi connectivity index (χ3v) is 3.97. The molecule has 2 aromatic carbocycles. The number of aryl methyl sites for hydroxylation is 1. The highest BCUT2D eigenvalue weighted by molar-refractivity contribution is 9.10. The van der Waals surface area contributed by atoms with E-state index in [1.807, 2.05) is 43.3 Å². The number of hydrogen-bond acceptors (Lipinski definition) is 3. The minimum absolute atomic E-state index is 0.0551. The molecule has 0 aromatic heterocycles. The molecule has 23 heavy (non-hydrogen) atoms. The van der Waals surface area contributed by atoms with Crippen molar-refractivity contribution >= 4 is 21.9 Å². The van der Waals surface area contributed by atoms with Gasteiger partial charge < -0.3 is 9.47 Å². The molecule has 0 amide bonds. The van der Waals surface area contributed by atoms with E-state index in [-0.39, 0.29) is 12.0 Å². The first kappa shape index (κ1) is 17.5. The molecule has 122 valence electrons. The standard InChI is InChI=1S/C19H21BrO3/c1-13-9-10-17(15(20)11-13)23-18(21)12-22-16-8-6-5-7-14(16)19(2,3)4/h5-11H,12H2,1-4H3. The Kier molecular flexibility index (Phi) is 5.47. The van der Waals surface area contributed by atoms with Gasteiger partial charge in [-0.05, 0) is 57.6 Å². The van der Waals surface area contributed by atoms with Gasteiger partial charge in [-0.2, -0.15) is 0 Å². The second-order valence-corrected chi connectivity index (χ2v) is 7.30. The van der Waals surface area contributed by atoms with Crippen LogP contribution >= 0.6 is 15.9 Å². The van der Waals surface area contributed by atoms with Gasteiger partial charge in [0.1, 0.15) is 11.5 Å². The van der Waals surface area contributed by atoms with Gasteiger partial charge in [-0.15, -0.1) is 0 Å². The van der Waals surface area contributed by atoms with E-state index < -0.39 is 5.97 Å². The van der Waals surface area contributed by atoms with E-state index in [0.29, 0.717) is 11.5 Å². The summed E-state index contributed by atoms with van der Waals surface area (Å²) < 4.78 is 11.8. The van der Waals surface area contributed by atoms with Crippen molar-refractivity contribution in [3.05, 3.63) is 58.1 Å². The van der Waals surface area contributed by atoms with Gasteiger partial charge in [-0.25, -0.2) is 4.79 Å². The Balaban J connectivity index is 2.03. The zero-order chi connectivity index (χ0) is 17.0. The number of hydrogen-bond donors (Lipinski definition) is 0. The van der Waals surface area contributed by atoms with Crippen LogP contribution in [0.5, 0.6) is 11.5 Å². The molecule has 0 heterocycles. The summed E-state index contributed by atoms with van der Waals surface area (Å²) in [4.78, 5) is 12.0. The maximum Gasteiger partial charge on any atom is 0.349 e. The van der Waals surface area contributed by atoms with Crippen LogP contribution in [0.1, 0.15) is 31.9 Å². The summed E-state index contributed by atoms with van der Waals surface area (Å²) in [5, 5.41) is 0. The lowest BCUT2D eigenvalue weighted by atomic mass is 9.86. The fraction of sp³-hybridized carbons (Fsp3) is 0.316. The molecule has 2 aromatic rings. The molecule has 3 nitrogen and oxygen atoms in total. The average molecular weight is 377 g/mol. The first-order chi connectivity index (χ1) is 10.8. The number of rotatable bonds is 4. The van der Waals surface area contributed by atoms with Gasteiger partial charge in [0.2, 0.25) is 0 Å². The molecule has 4 heteroatoms.